The molecule has 0 saturated heterocycles. The van der Waals surface area contributed by atoms with Crippen LogP contribution in [0.3, 0.4) is 0 Å². The van der Waals surface area contributed by atoms with Crippen LogP contribution in [0.25, 0.3) is 66.8 Å². The van der Waals surface area contributed by atoms with Gasteiger partial charge < -0.3 is 4.90 Å². The van der Waals surface area contributed by atoms with E-state index in [1.165, 1.54) is 40.1 Å². The molecule has 1 saturated carbocycles. The highest BCUT2D eigenvalue weighted by Crippen LogP contribution is 2.53. The second kappa shape index (κ2) is 14.1. The van der Waals surface area contributed by atoms with Crippen molar-refractivity contribution < 1.29 is 4.39 Å². The van der Waals surface area contributed by atoms with Crippen LogP contribution in [0, 0.1) is 11.7 Å². The fourth-order valence-corrected chi connectivity index (χ4v) is 9.89. The Morgan fingerprint density at radius 1 is 0.607 bits per heavy atom. The van der Waals surface area contributed by atoms with Gasteiger partial charge in [0.05, 0.1) is 22.8 Å². The summed E-state index contributed by atoms with van der Waals surface area (Å²) in [4.78, 5) is 12.4. The molecule has 3 aliphatic rings. The first-order chi connectivity index (χ1) is 30.0. The average Bonchev–Trinajstić information content (AvgIpc) is 3.84. The summed E-state index contributed by atoms with van der Waals surface area (Å²) in [6, 6.07) is 59.0. The van der Waals surface area contributed by atoms with Gasteiger partial charge in [-0.15, -0.1) is 0 Å². The van der Waals surface area contributed by atoms with E-state index in [2.05, 4.69) is 150 Å². The van der Waals surface area contributed by atoms with Gasteiger partial charge in [0.15, 0.2) is 0 Å². The van der Waals surface area contributed by atoms with Crippen LogP contribution in [0.2, 0.25) is 0 Å². The normalized spacial score (nSPS) is 18.9. The molecular formula is C56H41FN4. The van der Waals surface area contributed by atoms with Crippen LogP contribution in [0.1, 0.15) is 41.9 Å². The predicted molar refractivity (Wildman–Crippen MR) is 248 cm³/mol. The Bertz CT molecular complexity index is 3220. The summed E-state index contributed by atoms with van der Waals surface area (Å²) in [5.74, 6) is 1.88. The second-order valence-corrected chi connectivity index (χ2v) is 16.8. The molecule has 3 heterocycles. The number of para-hydroxylation sites is 2. The molecule has 2 aliphatic carbocycles. The smallest absolute Gasteiger partial charge is 0.235 e. The lowest BCUT2D eigenvalue weighted by atomic mass is 9.85. The van der Waals surface area contributed by atoms with E-state index < -0.39 is 0 Å². The number of aromatic nitrogens is 3. The molecule has 4 atom stereocenters. The first kappa shape index (κ1) is 35.6. The molecule has 1 fully saturated rings. The van der Waals surface area contributed by atoms with Gasteiger partial charge in [-0.2, -0.15) is 0 Å². The number of allylic oxidation sites excluding steroid dienone is 2. The van der Waals surface area contributed by atoms with Gasteiger partial charge in [-0.3, -0.25) is 4.57 Å². The molecule has 0 N–H and O–H groups in total. The van der Waals surface area contributed by atoms with Crippen molar-refractivity contribution in [1.82, 2.24) is 14.5 Å². The first-order valence-electron chi connectivity index (χ1n) is 21.3. The minimum absolute atomic E-state index is 0.206. The van der Waals surface area contributed by atoms with Crippen molar-refractivity contribution in [3.63, 3.8) is 0 Å². The van der Waals surface area contributed by atoms with Crippen molar-refractivity contribution >= 4 is 38.8 Å². The highest BCUT2D eigenvalue weighted by Gasteiger charge is 2.41. The van der Waals surface area contributed by atoms with Gasteiger partial charge in [-0.05, 0) is 123 Å². The van der Waals surface area contributed by atoms with E-state index in [4.69, 9.17) is 9.97 Å². The average molecular weight is 789 g/mol. The molecule has 292 valence electrons. The highest BCUT2D eigenvalue weighted by molar-refractivity contribution is 6.10. The number of nitrogens with zero attached hydrogens (tertiary/aromatic N) is 4. The number of hydrogen-bond acceptors (Lipinski definition) is 3. The molecule has 7 aromatic carbocycles. The van der Waals surface area contributed by atoms with Gasteiger partial charge in [-0.1, -0.05) is 134 Å². The van der Waals surface area contributed by atoms with Gasteiger partial charge in [-0.25, -0.2) is 14.4 Å². The predicted octanol–water partition coefficient (Wildman–Crippen LogP) is 14.1. The molecule has 61 heavy (non-hydrogen) atoms. The molecule has 2 aromatic heterocycles. The third kappa shape index (κ3) is 6.11. The number of anilines is 2. The van der Waals surface area contributed by atoms with Crippen molar-refractivity contribution in [2.24, 2.45) is 5.92 Å². The van der Waals surface area contributed by atoms with Gasteiger partial charge in [0.25, 0.3) is 0 Å². The van der Waals surface area contributed by atoms with Crippen LogP contribution in [-0.2, 0) is 0 Å². The van der Waals surface area contributed by atoms with E-state index in [1.54, 1.807) is 18.3 Å². The summed E-state index contributed by atoms with van der Waals surface area (Å²) in [6.07, 6.45) is 10.2. The Hall–Kier alpha value is -7.37. The second-order valence-electron chi connectivity index (χ2n) is 16.8. The zero-order valence-electron chi connectivity index (χ0n) is 33.7. The molecule has 12 rings (SSSR count). The van der Waals surface area contributed by atoms with Gasteiger partial charge in [0.1, 0.15) is 5.82 Å². The van der Waals surface area contributed by atoms with Gasteiger partial charge >= 0.3 is 0 Å². The molecule has 0 spiro atoms. The Labute approximate surface area is 354 Å². The van der Waals surface area contributed by atoms with Gasteiger partial charge in [0, 0.05) is 39.8 Å². The molecule has 0 radical (unpaired) electrons. The van der Waals surface area contributed by atoms with Crippen molar-refractivity contribution in [3.05, 3.63) is 217 Å². The largest absolute Gasteiger partial charge is 0.333 e. The zero-order chi connectivity index (χ0) is 40.6. The van der Waals surface area contributed by atoms with Crippen LogP contribution in [-0.4, -0.2) is 20.6 Å². The molecule has 0 bridgehead atoms. The van der Waals surface area contributed by atoms with E-state index >= 15 is 4.39 Å². The standard InChI is InChI=1S/C56H41FN4/c1-35-28-47(35)41-22-25-54-50(34-41)49-33-40(20-23-53(49)60(54)45-12-6-3-7-13-45)39-21-24-55-48(32-39)46-14-8-9-15-52(46)61(55)56-58-27-26-51(59-56)43-29-42(30-44(57)31-43)38-18-16-37(17-19-38)36-10-4-2-5-11-36/h2-27,29-35,47,49,53H,28H2,1H3/t35?,47-,49?,53?/m0/s1. The van der Waals surface area contributed by atoms with Gasteiger partial charge in [0.2, 0.25) is 5.95 Å². The number of halogens is 1. The number of benzene rings is 7. The van der Waals surface area contributed by atoms with Crippen molar-refractivity contribution in [2.45, 2.75) is 31.2 Å². The molecule has 4 nitrogen and oxygen atoms in total. The summed E-state index contributed by atoms with van der Waals surface area (Å²) in [5, 5.41) is 2.26. The maximum absolute atomic E-state index is 15.4. The summed E-state index contributed by atoms with van der Waals surface area (Å²) < 4.78 is 17.5. The minimum Gasteiger partial charge on any atom is -0.333 e. The third-order valence-electron chi connectivity index (χ3n) is 13.1. The minimum atomic E-state index is -0.312. The maximum atomic E-state index is 15.4. The van der Waals surface area contributed by atoms with Crippen LogP contribution >= 0.6 is 0 Å². The van der Waals surface area contributed by atoms with Crippen LogP contribution in [0.4, 0.5) is 15.8 Å². The van der Waals surface area contributed by atoms with E-state index in [-0.39, 0.29) is 17.8 Å². The van der Waals surface area contributed by atoms with E-state index in [9.17, 15) is 0 Å². The SMILES string of the molecule is CC1C[C@@H]1c1ccc2c(c1)C1C=C(c3ccc4c(c3)c3ccccc3n4-c3nccc(-c4cc(F)cc(-c5ccc(-c6ccccc6)cc5)c4)n3)C=CC1N2c1ccccc1. The molecular weight excluding hydrogens is 748 g/mol. The summed E-state index contributed by atoms with van der Waals surface area (Å²) >= 11 is 0. The van der Waals surface area contributed by atoms with E-state index in [1.807, 2.05) is 42.5 Å². The fraction of sp³-hybridized carbons (Fsp3) is 0.107. The zero-order valence-corrected chi connectivity index (χ0v) is 33.7. The lowest BCUT2D eigenvalue weighted by molar-refractivity contribution is 0.628. The van der Waals surface area contributed by atoms with Crippen LogP contribution < -0.4 is 4.90 Å². The molecule has 1 aliphatic heterocycles. The fourth-order valence-electron chi connectivity index (χ4n) is 9.89. The quantitative estimate of drug-likeness (QED) is 0.161. The Morgan fingerprint density at radius 2 is 1.30 bits per heavy atom. The molecule has 0 amide bonds. The van der Waals surface area contributed by atoms with E-state index in [0.29, 0.717) is 23.1 Å². The van der Waals surface area contributed by atoms with Crippen LogP contribution in [0.5, 0.6) is 0 Å². The van der Waals surface area contributed by atoms with Crippen LogP contribution in [0.15, 0.2) is 194 Å². The van der Waals surface area contributed by atoms with Crippen molar-refractivity contribution in [1.29, 1.82) is 0 Å². The molecule has 3 unspecified atom stereocenters. The first-order valence-corrected chi connectivity index (χ1v) is 21.3. The lowest BCUT2D eigenvalue weighted by Gasteiger charge is -2.29. The number of rotatable bonds is 7. The Balaban J connectivity index is 0.908. The maximum Gasteiger partial charge on any atom is 0.235 e. The molecule has 5 heteroatoms. The van der Waals surface area contributed by atoms with E-state index in [0.717, 1.165) is 50.0 Å². The number of fused-ring (bicyclic) bond motifs is 6. The summed E-state index contributed by atoms with van der Waals surface area (Å²) in [6.45, 7) is 2.36. The van der Waals surface area contributed by atoms with Crippen molar-refractivity contribution in [2.75, 3.05) is 4.90 Å². The highest BCUT2D eigenvalue weighted by atomic mass is 19.1. The third-order valence-corrected chi connectivity index (χ3v) is 13.1. The summed E-state index contributed by atoms with van der Waals surface area (Å²) in [5.41, 5.74) is 15.2. The lowest BCUT2D eigenvalue weighted by Crippen LogP contribution is -2.28. The number of hydrogen-bond donors (Lipinski definition) is 0. The monoisotopic (exact) mass is 788 g/mol. The summed E-state index contributed by atoms with van der Waals surface area (Å²) in [7, 11) is 0. The Kier molecular flexibility index (Phi) is 8.24. The van der Waals surface area contributed by atoms with Crippen molar-refractivity contribution in [3.8, 4) is 39.5 Å². The topological polar surface area (TPSA) is 34.0 Å². The molecule has 9 aromatic rings. The Morgan fingerprint density at radius 3 is 2.10 bits per heavy atom.